The molecule has 0 saturated carbocycles. The smallest absolute Gasteiger partial charge is 0.183 e. The van der Waals surface area contributed by atoms with E-state index >= 15 is 0 Å². The number of hydrogen-bond acceptors (Lipinski definition) is 4. The van der Waals surface area contributed by atoms with Crippen LogP contribution in [0.25, 0.3) is 0 Å². The molecule has 2 rings (SSSR count). The Bertz CT molecular complexity index is 561. The van der Waals surface area contributed by atoms with Gasteiger partial charge >= 0.3 is 0 Å². The number of pyridine rings is 1. The zero-order valence-corrected chi connectivity index (χ0v) is 13.3. The maximum atomic E-state index is 10.8. The molecule has 1 N–H and O–H groups in total. The van der Waals surface area contributed by atoms with Crippen molar-refractivity contribution in [1.29, 1.82) is 0 Å². The molecule has 0 aliphatic heterocycles. The van der Waals surface area contributed by atoms with Gasteiger partial charge in [0.25, 0.3) is 0 Å². The van der Waals surface area contributed by atoms with Gasteiger partial charge in [-0.25, -0.2) is 0 Å². The van der Waals surface area contributed by atoms with Crippen LogP contribution in [0.4, 0.5) is 0 Å². The highest BCUT2D eigenvalue weighted by molar-refractivity contribution is 5.35. The van der Waals surface area contributed by atoms with Crippen LogP contribution >= 0.6 is 0 Å². The molecule has 0 aliphatic rings. The van der Waals surface area contributed by atoms with Gasteiger partial charge in [-0.15, -0.1) is 0 Å². The molecule has 4 nitrogen and oxygen atoms in total. The minimum Gasteiger partial charge on any atom is -0.381 e. The second kappa shape index (κ2) is 7.49. The number of rotatable bonds is 7. The zero-order valence-electron chi connectivity index (χ0n) is 13.3. The van der Waals surface area contributed by atoms with E-state index < -0.39 is 5.60 Å². The molecule has 4 heteroatoms. The Morgan fingerprint density at radius 3 is 2.18 bits per heavy atom. The van der Waals surface area contributed by atoms with Crippen molar-refractivity contribution in [2.75, 3.05) is 13.2 Å². The lowest BCUT2D eigenvalue weighted by molar-refractivity contribution is -0.140. The van der Waals surface area contributed by atoms with E-state index in [2.05, 4.69) is 4.98 Å². The van der Waals surface area contributed by atoms with Gasteiger partial charge in [-0.05, 0) is 32.4 Å². The highest BCUT2D eigenvalue weighted by Gasteiger charge is 2.26. The molecule has 0 spiro atoms. The van der Waals surface area contributed by atoms with Crippen molar-refractivity contribution in [3.05, 3.63) is 65.5 Å². The molecule has 1 aromatic heterocycles. The lowest BCUT2D eigenvalue weighted by Crippen LogP contribution is -2.23. The molecule has 118 valence electrons. The first-order valence-corrected chi connectivity index (χ1v) is 7.56. The SMILES string of the molecule is CCOC(OCC)c1ccc([C@](C)(O)c2cccnc2)cc1. The Hall–Kier alpha value is -1.75. The summed E-state index contributed by atoms with van der Waals surface area (Å²) in [5, 5.41) is 10.8. The van der Waals surface area contributed by atoms with Gasteiger partial charge in [0, 0.05) is 36.7 Å². The fourth-order valence-corrected chi connectivity index (χ4v) is 2.33. The molecule has 1 heterocycles. The minimum absolute atomic E-state index is 0.368. The summed E-state index contributed by atoms with van der Waals surface area (Å²) in [5.74, 6) is 0. The Morgan fingerprint density at radius 1 is 1.05 bits per heavy atom. The molecule has 0 amide bonds. The fourth-order valence-electron chi connectivity index (χ4n) is 2.33. The van der Waals surface area contributed by atoms with Gasteiger partial charge in [0.1, 0.15) is 5.60 Å². The Kier molecular flexibility index (Phi) is 5.66. The second-order valence-corrected chi connectivity index (χ2v) is 5.18. The lowest BCUT2D eigenvalue weighted by Gasteiger charge is -2.25. The van der Waals surface area contributed by atoms with E-state index in [0.29, 0.717) is 13.2 Å². The van der Waals surface area contributed by atoms with E-state index in [1.165, 1.54) is 0 Å². The van der Waals surface area contributed by atoms with Crippen molar-refractivity contribution in [2.24, 2.45) is 0 Å². The highest BCUT2D eigenvalue weighted by atomic mass is 16.7. The van der Waals surface area contributed by atoms with Crippen molar-refractivity contribution in [3.63, 3.8) is 0 Å². The van der Waals surface area contributed by atoms with Gasteiger partial charge < -0.3 is 14.6 Å². The average Bonchev–Trinajstić information content (AvgIpc) is 2.55. The molecule has 0 radical (unpaired) electrons. The summed E-state index contributed by atoms with van der Waals surface area (Å²) >= 11 is 0. The summed E-state index contributed by atoms with van der Waals surface area (Å²) in [5.41, 5.74) is 1.42. The number of hydrogen-bond donors (Lipinski definition) is 1. The van der Waals surface area contributed by atoms with Crippen molar-refractivity contribution in [2.45, 2.75) is 32.7 Å². The number of aromatic nitrogens is 1. The summed E-state index contributed by atoms with van der Waals surface area (Å²) < 4.78 is 11.2. The highest BCUT2D eigenvalue weighted by Crippen LogP contribution is 2.30. The topological polar surface area (TPSA) is 51.6 Å². The van der Waals surface area contributed by atoms with Crippen LogP contribution in [0.5, 0.6) is 0 Å². The third kappa shape index (κ3) is 3.71. The molecule has 22 heavy (non-hydrogen) atoms. The summed E-state index contributed by atoms with van der Waals surface area (Å²) in [6, 6.07) is 11.3. The van der Waals surface area contributed by atoms with Crippen LogP contribution < -0.4 is 0 Å². The molecule has 1 aromatic carbocycles. The molecule has 0 saturated heterocycles. The van der Waals surface area contributed by atoms with Crippen molar-refractivity contribution in [3.8, 4) is 0 Å². The Balaban J connectivity index is 2.24. The normalized spacial score (nSPS) is 14.0. The lowest BCUT2D eigenvalue weighted by atomic mass is 9.89. The molecular formula is C18H23NO3. The zero-order chi connectivity index (χ0) is 16.0. The van der Waals surface area contributed by atoms with Crippen molar-refractivity contribution in [1.82, 2.24) is 4.98 Å². The van der Waals surface area contributed by atoms with E-state index in [-0.39, 0.29) is 6.29 Å². The van der Waals surface area contributed by atoms with E-state index in [4.69, 9.17) is 9.47 Å². The number of benzene rings is 1. The molecule has 0 unspecified atom stereocenters. The van der Waals surface area contributed by atoms with E-state index in [1.807, 2.05) is 50.2 Å². The van der Waals surface area contributed by atoms with Crippen LogP contribution in [0.1, 0.15) is 43.8 Å². The van der Waals surface area contributed by atoms with Crippen LogP contribution in [-0.4, -0.2) is 23.3 Å². The van der Waals surface area contributed by atoms with Gasteiger partial charge in [-0.3, -0.25) is 4.98 Å². The van der Waals surface area contributed by atoms with Crippen molar-refractivity contribution >= 4 is 0 Å². The van der Waals surface area contributed by atoms with Crippen LogP contribution in [-0.2, 0) is 15.1 Å². The average molecular weight is 301 g/mol. The first kappa shape index (κ1) is 16.6. The molecular weight excluding hydrogens is 278 g/mol. The number of ether oxygens (including phenoxy) is 2. The van der Waals surface area contributed by atoms with Crippen LogP contribution in [0.15, 0.2) is 48.8 Å². The Morgan fingerprint density at radius 2 is 1.68 bits per heavy atom. The summed E-state index contributed by atoms with van der Waals surface area (Å²) in [6.45, 7) is 6.81. The van der Waals surface area contributed by atoms with E-state index in [1.54, 1.807) is 19.3 Å². The largest absolute Gasteiger partial charge is 0.381 e. The van der Waals surface area contributed by atoms with Crippen molar-refractivity contribution < 1.29 is 14.6 Å². The van der Waals surface area contributed by atoms with Crippen LogP contribution in [0, 0.1) is 0 Å². The first-order chi connectivity index (χ1) is 10.6. The summed E-state index contributed by atoms with van der Waals surface area (Å²) in [7, 11) is 0. The number of aliphatic hydroxyl groups is 1. The predicted molar refractivity (Wildman–Crippen MR) is 85.3 cm³/mol. The third-order valence-electron chi connectivity index (χ3n) is 3.60. The van der Waals surface area contributed by atoms with Gasteiger partial charge in [0.15, 0.2) is 6.29 Å². The summed E-state index contributed by atoms with van der Waals surface area (Å²) in [6.07, 6.45) is 3.00. The molecule has 0 bridgehead atoms. The van der Waals surface area contributed by atoms with Gasteiger partial charge in [0.05, 0.1) is 0 Å². The molecule has 2 aromatic rings. The monoisotopic (exact) mass is 301 g/mol. The fraction of sp³-hybridized carbons (Fsp3) is 0.389. The van der Waals surface area contributed by atoms with E-state index in [9.17, 15) is 5.11 Å². The van der Waals surface area contributed by atoms with Gasteiger partial charge in [0.2, 0.25) is 0 Å². The summed E-state index contributed by atoms with van der Waals surface area (Å²) in [4.78, 5) is 4.07. The predicted octanol–water partition coefficient (Wildman–Crippen LogP) is 3.41. The molecule has 0 fully saturated rings. The standard InChI is InChI=1S/C18H23NO3/c1-4-21-17(22-5-2)14-8-10-15(11-9-14)18(3,20)16-7-6-12-19-13-16/h6-13,17,20H,4-5H2,1-3H3/t18-/m0/s1. The van der Waals surface area contributed by atoms with Gasteiger partial charge in [-0.1, -0.05) is 30.3 Å². The first-order valence-electron chi connectivity index (χ1n) is 7.56. The van der Waals surface area contributed by atoms with Crippen LogP contribution in [0.3, 0.4) is 0 Å². The maximum absolute atomic E-state index is 10.8. The quantitative estimate of drug-likeness (QED) is 0.796. The molecule has 1 atom stereocenters. The van der Waals surface area contributed by atoms with E-state index in [0.717, 1.165) is 16.7 Å². The number of nitrogens with zero attached hydrogens (tertiary/aromatic N) is 1. The van der Waals surface area contributed by atoms with Gasteiger partial charge in [-0.2, -0.15) is 0 Å². The minimum atomic E-state index is -1.08. The second-order valence-electron chi connectivity index (χ2n) is 5.18. The third-order valence-corrected chi connectivity index (χ3v) is 3.60. The Labute approximate surface area is 131 Å². The maximum Gasteiger partial charge on any atom is 0.183 e. The van der Waals surface area contributed by atoms with Crippen LogP contribution in [0.2, 0.25) is 0 Å². The molecule has 0 aliphatic carbocycles.